The Bertz CT molecular complexity index is 207. The van der Waals surface area contributed by atoms with Crippen LogP contribution in [-0.2, 0) is 9.53 Å². The molecule has 0 amide bonds. The van der Waals surface area contributed by atoms with Crippen LogP contribution in [0.15, 0.2) is 0 Å². The van der Waals surface area contributed by atoms with Crippen molar-refractivity contribution in [1.82, 2.24) is 0 Å². The van der Waals surface area contributed by atoms with Gasteiger partial charge in [0.25, 0.3) is 0 Å². The van der Waals surface area contributed by atoms with Crippen LogP contribution >= 0.6 is 0 Å². The van der Waals surface area contributed by atoms with Gasteiger partial charge in [-0.2, -0.15) is 0 Å². The summed E-state index contributed by atoms with van der Waals surface area (Å²) in [7, 11) is 1.47. The molecule has 2 nitrogen and oxygen atoms in total. The van der Waals surface area contributed by atoms with Crippen LogP contribution in [-0.4, -0.2) is 13.1 Å². The predicted octanol–water partition coefficient (Wildman–Crippen LogP) is 1.21. The molecule has 56 valence electrons. The molecular formula is C8H12O2. The molecule has 2 saturated carbocycles. The molecule has 0 bridgehead atoms. The van der Waals surface area contributed by atoms with Gasteiger partial charge in [-0.25, -0.2) is 0 Å². The van der Waals surface area contributed by atoms with Gasteiger partial charge >= 0.3 is 5.97 Å². The number of carbonyl (C=O) groups is 1. The second-order valence-corrected chi connectivity index (χ2v) is 3.94. The van der Waals surface area contributed by atoms with E-state index in [1.165, 1.54) is 7.11 Å². The zero-order chi connectivity index (χ0) is 7.57. The first-order valence-electron chi connectivity index (χ1n) is 3.66. The first kappa shape index (κ1) is 6.20. The monoisotopic (exact) mass is 140 g/mol. The van der Waals surface area contributed by atoms with E-state index in [0.717, 1.165) is 6.42 Å². The largest absolute Gasteiger partial charge is 0.469 e. The SMILES string of the molecule is COC(=O)C12CC1C2(C)C. The molecular weight excluding hydrogens is 128 g/mol. The molecule has 0 aromatic rings. The van der Waals surface area contributed by atoms with Crippen LogP contribution in [0.4, 0.5) is 0 Å². The van der Waals surface area contributed by atoms with Gasteiger partial charge in [-0.15, -0.1) is 0 Å². The van der Waals surface area contributed by atoms with Crippen molar-refractivity contribution in [1.29, 1.82) is 0 Å². The van der Waals surface area contributed by atoms with Crippen molar-refractivity contribution in [3.63, 3.8) is 0 Å². The normalized spacial score (nSPS) is 45.7. The van der Waals surface area contributed by atoms with E-state index in [4.69, 9.17) is 4.74 Å². The highest BCUT2D eigenvalue weighted by Gasteiger charge is 2.89. The Hall–Kier alpha value is -0.530. The number of fused-ring (bicyclic) bond motifs is 1. The van der Waals surface area contributed by atoms with Gasteiger partial charge in [-0.1, -0.05) is 13.8 Å². The molecule has 2 rings (SSSR count). The van der Waals surface area contributed by atoms with Crippen LogP contribution in [0.1, 0.15) is 20.3 Å². The maximum atomic E-state index is 11.1. The molecule has 2 atom stereocenters. The summed E-state index contributed by atoms with van der Waals surface area (Å²) in [5.41, 5.74) is 0.210. The van der Waals surface area contributed by atoms with Crippen molar-refractivity contribution < 1.29 is 9.53 Å². The van der Waals surface area contributed by atoms with E-state index in [-0.39, 0.29) is 16.8 Å². The zero-order valence-electron chi connectivity index (χ0n) is 6.60. The average Bonchev–Trinajstić information content (AvgIpc) is 2.71. The molecule has 0 heterocycles. The Morgan fingerprint density at radius 1 is 1.60 bits per heavy atom. The van der Waals surface area contributed by atoms with Crippen molar-refractivity contribution in [2.75, 3.05) is 7.11 Å². The molecule has 0 N–H and O–H groups in total. The zero-order valence-corrected chi connectivity index (χ0v) is 6.60. The predicted molar refractivity (Wildman–Crippen MR) is 36.3 cm³/mol. The lowest BCUT2D eigenvalue weighted by Gasteiger charge is -2.14. The summed E-state index contributed by atoms with van der Waals surface area (Å²) >= 11 is 0. The van der Waals surface area contributed by atoms with Crippen LogP contribution in [0.2, 0.25) is 0 Å². The molecule has 2 aliphatic carbocycles. The lowest BCUT2D eigenvalue weighted by atomic mass is 9.92. The third-order valence-corrected chi connectivity index (χ3v) is 3.45. The fraction of sp³-hybridized carbons (Fsp3) is 0.875. The highest BCUT2D eigenvalue weighted by molar-refractivity contribution is 5.87. The summed E-state index contributed by atoms with van der Waals surface area (Å²) in [5, 5.41) is 0. The summed E-state index contributed by atoms with van der Waals surface area (Å²) in [6.07, 6.45) is 1.06. The molecule has 0 radical (unpaired) electrons. The van der Waals surface area contributed by atoms with Crippen molar-refractivity contribution in [2.45, 2.75) is 20.3 Å². The van der Waals surface area contributed by atoms with Gasteiger partial charge in [0.2, 0.25) is 0 Å². The number of rotatable bonds is 1. The fourth-order valence-corrected chi connectivity index (χ4v) is 2.29. The summed E-state index contributed by atoms with van der Waals surface area (Å²) in [5.74, 6) is 0.634. The first-order valence-corrected chi connectivity index (χ1v) is 3.66. The van der Waals surface area contributed by atoms with Crippen molar-refractivity contribution >= 4 is 5.97 Å². The number of hydrogen-bond donors (Lipinski definition) is 0. The Kier molecular flexibility index (Phi) is 0.773. The third-order valence-electron chi connectivity index (χ3n) is 3.45. The van der Waals surface area contributed by atoms with Crippen LogP contribution in [0.3, 0.4) is 0 Å². The molecule has 0 saturated heterocycles. The van der Waals surface area contributed by atoms with Gasteiger partial charge in [-0.05, 0) is 17.8 Å². The molecule has 0 aromatic carbocycles. The number of hydrogen-bond acceptors (Lipinski definition) is 2. The van der Waals surface area contributed by atoms with Gasteiger partial charge in [0.1, 0.15) is 0 Å². The average molecular weight is 140 g/mol. The van der Waals surface area contributed by atoms with Gasteiger partial charge in [0.15, 0.2) is 0 Å². The van der Waals surface area contributed by atoms with Crippen molar-refractivity contribution in [2.24, 2.45) is 16.7 Å². The molecule has 0 spiro atoms. The van der Waals surface area contributed by atoms with Gasteiger partial charge in [0, 0.05) is 0 Å². The molecule has 2 aliphatic rings. The number of esters is 1. The fourth-order valence-electron chi connectivity index (χ4n) is 2.29. The Morgan fingerprint density at radius 3 is 2.20 bits per heavy atom. The summed E-state index contributed by atoms with van der Waals surface area (Å²) in [6, 6.07) is 0. The highest BCUT2D eigenvalue weighted by Crippen LogP contribution is 2.87. The maximum absolute atomic E-state index is 11.1. The van der Waals surface area contributed by atoms with E-state index >= 15 is 0 Å². The molecule has 0 aliphatic heterocycles. The highest BCUT2D eigenvalue weighted by atomic mass is 16.5. The summed E-state index contributed by atoms with van der Waals surface area (Å²) in [6.45, 7) is 4.27. The number of carbonyl (C=O) groups excluding carboxylic acids is 1. The van der Waals surface area contributed by atoms with Gasteiger partial charge < -0.3 is 4.74 Å². The second-order valence-electron chi connectivity index (χ2n) is 3.94. The minimum atomic E-state index is -0.0399. The van der Waals surface area contributed by atoms with E-state index in [2.05, 4.69) is 13.8 Å². The van der Waals surface area contributed by atoms with Crippen LogP contribution in [0.5, 0.6) is 0 Å². The van der Waals surface area contributed by atoms with Crippen molar-refractivity contribution in [3.05, 3.63) is 0 Å². The molecule has 2 fully saturated rings. The summed E-state index contributed by atoms with van der Waals surface area (Å²) in [4.78, 5) is 11.1. The lowest BCUT2D eigenvalue weighted by molar-refractivity contribution is -0.146. The second kappa shape index (κ2) is 1.25. The smallest absolute Gasteiger partial charge is 0.312 e. The van der Waals surface area contributed by atoms with Crippen LogP contribution < -0.4 is 0 Å². The van der Waals surface area contributed by atoms with E-state index in [0.29, 0.717) is 5.92 Å². The minimum Gasteiger partial charge on any atom is -0.469 e. The third kappa shape index (κ3) is 0.360. The van der Waals surface area contributed by atoms with Gasteiger partial charge in [-0.3, -0.25) is 4.79 Å². The Labute approximate surface area is 60.6 Å². The Morgan fingerprint density at radius 2 is 2.10 bits per heavy atom. The number of ether oxygens (including phenoxy) is 1. The van der Waals surface area contributed by atoms with Crippen LogP contribution in [0.25, 0.3) is 0 Å². The maximum Gasteiger partial charge on any atom is 0.312 e. The summed E-state index contributed by atoms with van der Waals surface area (Å²) < 4.78 is 4.72. The van der Waals surface area contributed by atoms with E-state index < -0.39 is 0 Å². The first-order chi connectivity index (χ1) is 4.57. The van der Waals surface area contributed by atoms with Gasteiger partial charge in [0.05, 0.1) is 12.5 Å². The minimum absolute atomic E-state index is 0.00231. The van der Waals surface area contributed by atoms with E-state index in [1.807, 2.05) is 0 Å². The number of methoxy groups -OCH3 is 1. The topological polar surface area (TPSA) is 26.3 Å². The standard InChI is InChI=1S/C8H12O2/c1-7(2)5-4-8(5,7)6(9)10-3/h5H,4H2,1-3H3. The molecule has 2 heteroatoms. The lowest BCUT2D eigenvalue weighted by Crippen LogP contribution is -2.18. The quantitative estimate of drug-likeness (QED) is 0.512. The van der Waals surface area contributed by atoms with Crippen molar-refractivity contribution in [3.8, 4) is 0 Å². The van der Waals surface area contributed by atoms with E-state index in [9.17, 15) is 4.79 Å². The molecule has 10 heavy (non-hydrogen) atoms. The van der Waals surface area contributed by atoms with E-state index in [1.54, 1.807) is 0 Å². The molecule has 2 unspecified atom stereocenters. The molecule has 0 aromatic heterocycles. The Balaban J connectivity index is 2.16. The van der Waals surface area contributed by atoms with Crippen LogP contribution in [0, 0.1) is 16.7 Å².